The third kappa shape index (κ3) is 3.93. The van der Waals surface area contributed by atoms with Crippen molar-refractivity contribution >= 4 is 29.0 Å². The van der Waals surface area contributed by atoms with Gasteiger partial charge in [0, 0.05) is 12.8 Å². The fourth-order valence-electron chi connectivity index (χ4n) is 2.10. The Morgan fingerprint density at radius 2 is 1.70 bits per heavy atom. The van der Waals surface area contributed by atoms with Gasteiger partial charge in [0.15, 0.2) is 0 Å². The van der Waals surface area contributed by atoms with Gasteiger partial charge in [-0.3, -0.25) is 9.59 Å². The molecule has 0 aromatic heterocycles. The highest BCUT2D eigenvalue weighted by molar-refractivity contribution is 6.34. The van der Waals surface area contributed by atoms with E-state index in [-0.39, 0.29) is 22.8 Å². The number of carbonyl (C=O) groups is 2. The molecule has 6 heteroatoms. The Morgan fingerprint density at radius 1 is 1.09 bits per heavy atom. The van der Waals surface area contributed by atoms with Gasteiger partial charge < -0.3 is 5.32 Å². The second-order valence-electron chi connectivity index (χ2n) is 4.89. The first kappa shape index (κ1) is 17.1. The molecule has 120 valence electrons. The second kappa shape index (κ2) is 7.33. The summed E-state index contributed by atoms with van der Waals surface area (Å²) in [5, 5.41) is 2.29. The molecule has 2 aromatic rings. The average molecular weight is 338 g/mol. The van der Waals surface area contributed by atoms with Crippen LogP contribution in [0.1, 0.15) is 29.3 Å². The highest BCUT2D eigenvalue weighted by Gasteiger charge is 2.19. The standard InChI is InChI=1S/C17H14ClF2NO2/c1-2-11(22)9-10-5-3-6-12(18)15(10)17(23)21-16-13(19)7-4-8-14(16)20/h3-8H,2,9H2,1H3,(H,21,23). The highest BCUT2D eigenvalue weighted by atomic mass is 35.5. The lowest BCUT2D eigenvalue weighted by atomic mass is 10.0. The lowest BCUT2D eigenvalue weighted by Gasteiger charge is -2.12. The van der Waals surface area contributed by atoms with Crippen molar-refractivity contribution in [3.8, 4) is 0 Å². The molecule has 0 heterocycles. The normalized spacial score (nSPS) is 10.4. The molecule has 3 nitrogen and oxygen atoms in total. The molecule has 0 saturated heterocycles. The summed E-state index contributed by atoms with van der Waals surface area (Å²) < 4.78 is 27.3. The molecule has 23 heavy (non-hydrogen) atoms. The first-order chi connectivity index (χ1) is 10.9. The molecule has 0 bridgehead atoms. The fraction of sp³-hybridized carbons (Fsp3) is 0.176. The minimum absolute atomic E-state index is 0.0273. The first-order valence-corrected chi connectivity index (χ1v) is 7.36. The molecule has 1 amide bonds. The number of ketones is 1. The van der Waals surface area contributed by atoms with Gasteiger partial charge in [-0.1, -0.05) is 36.7 Å². The number of Topliss-reactive ketones (excluding diaryl/α,β-unsaturated/α-hetero) is 1. The molecular formula is C17H14ClF2NO2. The van der Waals surface area contributed by atoms with Gasteiger partial charge in [0.05, 0.1) is 10.6 Å². The van der Waals surface area contributed by atoms with E-state index in [4.69, 9.17) is 11.6 Å². The SMILES string of the molecule is CCC(=O)Cc1cccc(Cl)c1C(=O)Nc1c(F)cccc1F. The van der Waals surface area contributed by atoms with E-state index in [2.05, 4.69) is 5.32 Å². The number of anilines is 1. The van der Waals surface area contributed by atoms with Crippen molar-refractivity contribution in [1.29, 1.82) is 0 Å². The van der Waals surface area contributed by atoms with E-state index < -0.39 is 23.2 Å². The number of para-hydroxylation sites is 1. The van der Waals surface area contributed by atoms with Crippen molar-refractivity contribution in [2.75, 3.05) is 5.32 Å². The van der Waals surface area contributed by atoms with E-state index in [1.165, 1.54) is 12.1 Å². The molecule has 0 spiro atoms. The maximum Gasteiger partial charge on any atom is 0.257 e. The van der Waals surface area contributed by atoms with Gasteiger partial charge >= 0.3 is 0 Å². The molecule has 0 unspecified atom stereocenters. The van der Waals surface area contributed by atoms with Crippen molar-refractivity contribution < 1.29 is 18.4 Å². The summed E-state index contributed by atoms with van der Waals surface area (Å²) in [5.74, 6) is -2.62. The summed E-state index contributed by atoms with van der Waals surface area (Å²) in [6.07, 6.45) is 0.342. The number of hydrogen-bond donors (Lipinski definition) is 1. The van der Waals surface area contributed by atoms with Crippen LogP contribution in [0.4, 0.5) is 14.5 Å². The van der Waals surface area contributed by atoms with Crippen LogP contribution >= 0.6 is 11.6 Å². The van der Waals surface area contributed by atoms with E-state index in [1.54, 1.807) is 19.1 Å². The number of halogens is 3. The molecule has 2 rings (SSSR count). The maximum atomic E-state index is 13.7. The van der Waals surface area contributed by atoms with Crippen molar-refractivity contribution in [3.05, 3.63) is 64.2 Å². The average Bonchev–Trinajstić information content (AvgIpc) is 2.51. The van der Waals surface area contributed by atoms with Crippen LogP contribution in [-0.4, -0.2) is 11.7 Å². The largest absolute Gasteiger partial charge is 0.317 e. The summed E-state index contributed by atoms with van der Waals surface area (Å²) in [6, 6.07) is 7.95. The van der Waals surface area contributed by atoms with Crippen molar-refractivity contribution in [1.82, 2.24) is 0 Å². The zero-order valence-electron chi connectivity index (χ0n) is 12.3. The van der Waals surface area contributed by atoms with Gasteiger partial charge in [-0.2, -0.15) is 0 Å². The van der Waals surface area contributed by atoms with Crippen LogP contribution in [0, 0.1) is 11.6 Å². The molecule has 0 radical (unpaired) electrons. The van der Waals surface area contributed by atoms with Gasteiger partial charge in [-0.25, -0.2) is 8.78 Å². The number of benzene rings is 2. The molecule has 0 aliphatic heterocycles. The second-order valence-corrected chi connectivity index (χ2v) is 5.30. The molecule has 2 aromatic carbocycles. The number of carbonyl (C=O) groups excluding carboxylic acids is 2. The summed E-state index contributed by atoms with van der Waals surface area (Å²) in [6.45, 7) is 1.71. The first-order valence-electron chi connectivity index (χ1n) is 6.98. The molecule has 0 fully saturated rings. The minimum atomic E-state index is -0.892. The lowest BCUT2D eigenvalue weighted by Crippen LogP contribution is -2.18. The third-order valence-electron chi connectivity index (χ3n) is 3.31. The zero-order chi connectivity index (χ0) is 17.0. The molecule has 1 N–H and O–H groups in total. The summed E-state index contributed by atoms with van der Waals surface area (Å²) in [4.78, 5) is 24.0. The van der Waals surface area contributed by atoms with Crippen molar-refractivity contribution in [2.45, 2.75) is 19.8 Å². The van der Waals surface area contributed by atoms with Crippen LogP contribution in [0.5, 0.6) is 0 Å². The van der Waals surface area contributed by atoms with Crippen LogP contribution in [0.2, 0.25) is 5.02 Å². The fourth-order valence-corrected chi connectivity index (χ4v) is 2.38. The van der Waals surface area contributed by atoms with Crippen LogP contribution < -0.4 is 5.32 Å². The Balaban J connectivity index is 2.37. The van der Waals surface area contributed by atoms with Crippen LogP contribution in [0.3, 0.4) is 0 Å². The van der Waals surface area contributed by atoms with E-state index in [9.17, 15) is 18.4 Å². The molecule has 0 saturated carbocycles. The van der Waals surface area contributed by atoms with E-state index >= 15 is 0 Å². The number of amides is 1. The Labute approximate surface area is 137 Å². The molecule has 0 aliphatic rings. The third-order valence-corrected chi connectivity index (χ3v) is 3.63. The van der Waals surface area contributed by atoms with E-state index in [0.29, 0.717) is 12.0 Å². The van der Waals surface area contributed by atoms with E-state index in [1.807, 2.05) is 0 Å². The summed E-state index contributed by atoms with van der Waals surface area (Å²) in [5.41, 5.74) is -0.0950. The van der Waals surface area contributed by atoms with Crippen LogP contribution in [0.15, 0.2) is 36.4 Å². The van der Waals surface area contributed by atoms with Gasteiger partial charge in [0.1, 0.15) is 23.1 Å². The predicted octanol–water partition coefficient (Wildman–Crippen LogP) is 4.39. The van der Waals surface area contributed by atoms with Gasteiger partial charge in [-0.05, 0) is 23.8 Å². The monoisotopic (exact) mass is 337 g/mol. The molecular weight excluding hydrogens is 324 g/mol. The van der Waals surface area contributed by atoms with E-state index in [0.717, 1.165) is 12.1 Å². The zero-order valence-corrected chi connectivity index (χ0v) is 13.1. The smallest absolute Gasteiger partial charge is 0.257 e. The van der Waals surface area contributed by atoms with Crippen molar-refractivity contribution in [2.24, 2.45) is 0 Å². The topological polar surface area (TPSA) is 46.2 Å². The van der Waals surface area contributed by atoms with Gasteiger partial charge in [0.25, 0.3) is 5.91 Å². The molecule has 0 atom stereocenters. The quantitative estimate of drug-likeness (QED) is 0.879. The number of hydrogen-bond acceptors (Lipinski definition) is 2. The highest BCUT2D eigenvalue weighted by Crippen LogP contribution is 2.24. The summed E-state index contributed by atoms with van der Waals surface area (Å²) in [7, 11) is 0. The van der Waals surface area contributed by atoms with Crippen LogP contribution in [0.25, 0.3) is 0 Å². The molecule has 0 aliphatic carbocycles. The van der Waals surface area contributed by atoms with Gasteiger partial charge in [0.2, 0.25) is 0 Å². The lowest BCUT2D eigenvalue weighted by molar-refractivity contribution is -0.118. The van der Waals surface area contributed by atoms with Gasteiger partial charge in [-0.15, -0.1) is 0 Å². The number of rotatable bonds is 5. The Hall–Kier alpha value is -2.27. The number of nitrogens with one attached hydrogen (secondary N) is 1. The Bertz CT molecular complexity index is 742. The van der Waals surface area contributed by atoms with Crippen LogP contribution in [-0.2, 0) is 11.2 Å². The Kier molecular flexibility index (Phi) is 5.45. The maximum absolute atomic E-state index is 13.7. The Morgan fingerprint density at radius 3 is 2.30 bits per heavy atom. The predicted molar refractivity (Wildman–Crippen MR) is 84.8 cm³/mol. The minimum Gasteiger partial charge on any atom is -0.317 e. The summed E-state index contributed by atoms with van der Waals surface area (Å²) >= 11 is 6.04. The van der Waals surface area contributed by atoms with Crippen molar-refractivity contribution in [3.63, 3.8) is 0 Å².